The zero-order valence-electron chi connectivity index (χ0n) is 16.0. The SMILES string of the molecule is O=C(O)C[C@@H]1CCN(C(=O)c2cccs2)C[C@@H]1CC1=NCCc2cc(F)ccc21. The van der Waals surface area contributed by atoms with Gasteiger partial charge in [0.15, 0.2) is 0 Å². The maximum absolute atomic E-state index is 13.6. The number of rotatable bonds is 5. The number of aliphatic imine (C=N–C) groups is 1. The molecule has 1 amide bonds. The standard InChI is InChI=1S/C22H23FN2O3S/c23-17-3-4-18-15(10-17)5-7-24-19(18)11-16-13-25(8-6-14(16)12-21(26)27)22(28)20-2-1-9-29-20/h1-4,9-10,14,16H,5-8,11-13H2,(H,26,27)/t14-,16-/m0/s1. The molecule has 1 fully saturated rings. The first-order valence-corrected chi connectivity index (χ1v) is 10.8. The number of nitrogens with zero attached hydrogens (tertiary/aromatic N) is 2. The predicted molar refractivity (Wildman–Crippen MR) is 110 cm³/mol. The van der Waals surface area contributed by atoms with Gasteiger partial charge in [-0.2, -0.15) is 0 Å². The molecule has 0 spiro atoms. The third-order valence-electron chi connectivity index (χ3n) is 5.86. The summed E-state index contributed by atoms with van der Waals surface area (Å²) in [4.78, 5) is 31.4. The number of carboxylic acids is 1. The number of carboxylic acid groups (broad SMARTS) is 1. The Hall–Kier alpha value is -2.54. The lowest BCUT2D eigenvalue weighted by molar-refractivity contribution is -0.138. The number of piperidine rings is 1. The molecule has 1 N–H and O–H groups in total. The molecule has 152 valence electrons. The summed E-state index contributed by atoms with van der Waals surface area (Å²) in [6.45, 7) is 1.70. The second kappa shape index (κ2) is 8.45. The van der Waals surface area contributed by atoms with Gasteiger partial charge in [-0.1, -0.05) is 6.07 Å². The van der Waals surface area contributed by atoms with E-state index >= 15 is 0 Å². The van der Waals surface area contributed by atoms with Crippen LogP contribution in [0.25, 0.3) is 0 Å². The normalized spacial score (nSPS) is 21.4. The van der Waals surface area contributed by atoms with Gasteiger partial charge in [0.1, 0.15) is 5.82 Å². The molecule has 7 heteroatoms. The molecule has 2 aliphatic heterocycles. The molecule has 1 aromatic heterocycles. The number of hydrogen-bond acceptors (Lipinski definition) is 4. The van der Waals surface area contributed by atoms with E-state index in [1.54, 1.807) is 12.1 Å². The van der Waals surface area contributed by atoms with Crippen LogP contribution in [0, 0.1) is 17.7 Å². The Morgan fingerprint density at radius 1 is 1.28 bits per heavy atom. The van der Waals surface area contributed by atoms with Crippen LogP contribution in [-0.4, -0.2) is 47.2 Å². The van der Waals surface area contributed by atoms with Crippen molar-refractivity contribution >= 4 is 28.9 Å². The smallest absolute Gasteiger partial charge is 0.303 e. The van der Waals surface area contributed by atoms with Crippen molar-refractivity contribution < 1.29 is 19.1 Å². The van der Waals surface area contributed by atoms with Gasteiger partial charge in [-0.3, -0.25) is 14.6 Å². The second-order valence-electron chi connectivity index (χ2n) is 7.72. The summed E-state index contributed by atoms with van der Waals surface area (Å²) in [6, 6.07) is 8.46. The summed E-state index contributed by atoms with van der Waals surface area (Å²) in [6.07, 6.45) is 2.07. The zero-order chi connectivity index (χ0) is 20.4. The molecule has 1 aromatic carbocycles. The minimum Gasteiger partial charge on any atom is -0.481 e. The van der Waals surface area contributed by atoms with Crippen LogP contribution < -0.4 is 0 Å². The molecule has 2 atom stereocenters. The van der Waals surface area contributed by atoms with Gasteiger partial charge in [-0.25, -0.2) is 4.39 Å². The van der Waals surface area contributed by atoms with Crippen molar-refractivity contribution in [3.8, 4) is 0 Å². The van der Waals surface area contributed by atoms with Crippen molar-refractivity contribution in [3.63, 3.8) is 0 Å². The minimum atomic E-state index is -0.814. The van der Waals surface area contributed by atoms with Crippen molar-refractivity contribution in [1.82, 2.24) is 4.90 Å². The summed E-state index contributed by atoms with van der Waals surface area (Å²) in [5.74, 6) is -1.05. The minimum absolute atomic E-state index is 0.00610. The van der Waals surface area contributed by atoms with E-state index in [9.17, 15) is 19.1 Å². The van der Waals surface area contributed by atoms with E-state index in [4.69, 9.17) is 0 Å². The fourth-order valence-corrected chi connectivity index (χ4v) is 5.11. The molecule has 2 aromatic rings. The van der Waals surface area contributed by atoms with Crippen LogP contribution in [0.2, 0.25) is 0 Å². The lowest BCUT2D eigenvalue weighted by atomic mass is 9.78. The molecule has 0 unspecified atom stereocenters. The van der Waals surface area contributed by atoms with Gasteiger partial charge in [0, 0.05) is 31.8 Å². The van der Waals surface area contributed by atoms with E-state index < -0.39 is 5.97 Å². The van der Waals surface area contributed by atoms with E-state index in [1.165, 1.54) is 17.4 Å². The molecule has 5 nitrogen and oxygen atoms in total. The average Bonchev–Trinajstić information content (AvgIpc) is 3.23. The maximum atomic E-state index is 13.6. The van der Waals surface area contributed by atoms with Crippen molar-refractivity contribution in [2.24, 2.45) is 16.8 Å². The van der Waals surface area contributed by atoms with Crippen LogP contribution >= 0.6 is 11.3 Å². The molecule has 0 aliphatic carbocycles. The Morgan fingerprint density at radius 3 is 2.90 bits per heavy atom. The van der Waals surface area contributed by atoms with Crippen LogP contribution in [-0.2, 0) is 11.2 Å². The van der Waals surface area contributed by atoms with E-state index in [2.05, 4.69) is 4.99 Å². The third kappa shape index (κ3) is 4.40. The van der Waals surface area contributed by atoms with Crippen LogP contribution in [0.15, 0.2) is 40.7 Å². The first-order valence-electron chi connectivity index (χ1n) is 9.88. The van der Waals surface area contributed by atoms with Gasteiger partial charge in [0.25, 0.3) is 5.91 Å². The van der Waals surface area contributed by atoms with Gasteiger partial charge < -0.3 is 10.0 Å². The predicted octanol–water partition coefficient (Wildman–Crippen LogP) is 3.88. The van der Waals surface area contributed by atoms with E-state index in [1.807, 2.05) is 22.4 Å². The molecule has 4 rings (SSSR count). The van der Waals surface area contributed by atoms with E-state index in [-0.39, 0.29) is 30.0 Å². The number of halogens is 1. The fraction of sp³-hybridized carbons (Fsp3) is 0.409. The summed E-state index contributed by atoms with van der Waals surface area (Å²) in [7, 11) is 0. The number of carbonyl (C=O) groups excluding carboxylic acids is 1. The topological polar surface area (TPSA) is 70.0 Å². The highest BCUT2D eigenvalue weighted by molar-refractivity contribution is 7.12. The summed E-state index contributed by atoms with van der Waals surface area (Å²) < 4.78 is 13.6. The average molecular weight is 415 g/mol. The highest BCUT2D eigenvalue weighted by Crippen LogP contribution is 2.33. The Kier molecular flexibility index (Phi) is 5.76. The first kappa shape index (κ1) is 19.8. The maximum Gasteiger partial charge on any atom is 0.303 e. The van der Waals surface area contributed by atoms with Gasteiger partial charge in [0.05, 0.1) is 4.88 Å². The monoisotopic (exact) mass is 414 g/mol. The summed E-state index contributed by atoms with van der Waals surface area (Å²) in [5, 5.41) is 11.2. The first-order chi connectivity index (χ1) is 14.0. The number of likely N-dealkylation sites (tertiary alicyclic amines) is 1. The van der Waals surface area contributed by atoms with E-state index in [0.717, 1.165) is 16.8 Å². The van der Waals surface area contributed by atoms with Crippen molar-refractivity contribution in [3.05, 3.63) is 57.5 Å². The number of amides is 1. The zero-order valence-corrected chi connectivity index (χ0v) is 16.8. The number of benzene rings is 1. The third-order valence-corrected chi connectivity index (χ3v) is 6.72. The molecule has 0 saturated carbocycles. The number of aliphatic carboxylic acids is 1. The lowest BCUT2D eigenvalue weighted by Crippen LogP contribution is -2.45. The van der Waals surface area contributed by atoms with Gasteiger partial charge in [-0.15, -0.1) is 11.3 Å². The number of fused-ring (bicyclic) bond motifs is 1. The van der Waals surface area contributed by atoms with Crippen LogP contribution in [0.1, 0.15) is 40.1 Å². The molecule has 2 aliphatic rings. The molecule has 0 bridgehead atoms. The second-order valence-corrected chi connectivity index (χ2v) is 8.67. The van der Waals surface area contributed by atoms with Crippen molar-refractivity contribution in [1.29, 1.82) is 0 Å². The summed E-state index contributed by atoms with van der Waals surface area (Å²) in [5.41, 5.74) is 2.80. The number of carbonyl (C=O) groups is 2. The van der Waals surface area contributed by atoms with E-state index in [0.29, 0.717) is 43.8 Å². The van der Waals surface area contributed by atoms with Gasteiger partial charge >= 0.3 is 5.97 Å². The Morgan fingerprint density at radius 2 is 2.14 bits per heavy atom. The molecule has 0 radical (unpaired) electrons. The largest absolute Gasteiger partial charge is 0.481 e. The van der Waals surface area contributed by atoms with Crippen LogP contribution in [0.5, 0.6) is 0 Å². The Bertz CT molecular complexity index is 942. The number of hydrogen-bond donors (Lipinski definition) is 1. The highest BCUT2D eigenvalue weighted by Gasteiger charge is 2.34. The quantitative estimate of drug-likeness (QED) is 0.807. The molecular weight excluding hydrogens is 391 g/mol. The summed E-state index contributed by atoms with van der Waals surface area (Å²) >= 11 is 1.42. The van der Waals surface area contributed by atoms with Gasteiger partial charge in [0.2, 0.25) is 0 Å². The highest BCUT2D eigenvalue weighted by atomic mass is 32.1. The van der Waals surface area contributed by atoms with Crippen molar-refractivity contribution in [2.75, 3.05) is 19.6 Å². The lowest BCUT2D eigenvalue weighted by Gasteiger charge is -2.38. The van der Waals surface area contributed by atoms with Crippen LogP contribution in [0.3, 0.4) is 0 Å². The molecule has 1 saturated heterocycles. The van der Waals surface area contributed by atoms with Crippen molar-refractivity contribution in [2.45, 2.75) is 25.7 Å². The Labute approximate surface area is 172 Å². The molecule has 3 heterocycles. The molecular formula is C22H23FN2O3S. The fourth-order valence-electron chi connectivity index (χ4n) is 4.42. The van der Waals surface area contributed by atoms with Gasteiger partial charge in [-0.05, 0) is 71.9 Å². The Balaban J connectivity index is 1.55. The number of thiophene rings is 1. The molecule has 29 heavy (non-hydrogen) atoms. The van der Waals surface area contributed by atoms with Crippen LogP contribution in [0.4, 0.5) is 4.39 Å².